The summed E-state index contributed by atoms with van der Waals surface area (Å²) in [5.74, 6) is -0.0934. The summed E-state index contributed by atoms with van der Waals surface area (Å²) < 4.78 is 19.0. The van der Waals surface area contributed by atoms with Crippen LogP contribution in [0.3, 0.4) is 0 Å². The van der Waals surface area contributed by atoms with E-state index in [1.165, 1.54) is 6.07 Å². The number of hydrogen-bond donors (Lipinski definition) is 0. The highest BCUT2D eigenvalue weighted by molar-refractivity contribution is 9.10. The minimum atomic E-state index is -0.399. The van der Waals surface area contributed by atoms with Gasteiger partial charge in [-0.1, -0.05) is 0 Å². The van der Waals surface area contributed by atoms with Crippen LogP contribution in [0.1, 0.15) is 0 Å². The van der Waals surface area contributed by atoms with Crippen LogP contribution in [0.25, 0.3) is 0 Å². The van der Waals surface area contributed by atoms with Gasteiger partial charge in [0.15, 0.2) is 6.61 Å². The number of ether oxygens (including phenoxy) is 1. The fourth-order valence-electron chi connectivity index (χ4n) is 1.86. The SMILES string of the molecule is CN1CCN(C(=O)COc2ccc(Br)c(F)c2)CC1. The Morgan fingerprint density at radius 1 is 1.37 bits per heavy atom. The molecular weight excluding hydrogens is 315 g/mol. The van der Waals surface area contributed by atoms with E-state index in [1.54, 1.807) is 17.0 Å². The largest absolute Gasteiger partial charge is 0.484 e. The number of carbonyl (C=O) groups excluding carboxylic acids is 1. The van der Waals surface area contributed by atoms with Crippen molar-refractivity contribution < 1.29 is 13.9 Å². The first-order valence-corrected chi connectivity index (χ1v) is 6.90. The van der Waals surface area contributed by atoms with Crippen LogP contribution in [0.15, 0.2) is 22.7 Å². The number of rotatable bonds is 3. The molecule has 0 saturated carbocycles. The van der Waals surface area contributed by atoms with Gasteiger partial charge in [-0.3, -0.25) is 4.79 Å². The van der Waals surface area contributed by atoms with Gasteiger partial charge in [-0.2, -0.15) is 0 Å². The van der Waals surface area contributed by atoms with Gasteiger partial charge >= 0.3 is 0 Å². The standard InChI is InChI=1S/C13H16BrFN2O2/c1-16-4-6-17(7-5-16)13(18)9-19-10-2-3-11(14)12(15)8-10/h2-3,8H,4-7,9H2,1H3. The van der Waals surface area contributed by atoms with Crippen molar-refractivity contribution in [1.29, 1.82) is 0 Å². The zero-order valence-electron chi connectivity index (χ0n) is 10.7. The average molecular weight is 331 g/mol. The van der Waals surface area contributed by atoms with Crippen LogP contribution in [-0.4, -0.2) is 55.5 Å². The maximum absolute atomic E-state index is 13.3. The molecule has 0 aromatic heterocycles. The van der Waals surface area contributed by atoms with E-state index in [1.807, 2.05) is 7.05 Å². The topological polar surface area (TPSA) is 32.8 Å². The lowest BCUT2D eigenvalue weighted by Gasteiger charge is -2.32. The predicted molar refractivity (Wildman–Crippen MR) is 73.7 cm³/mol. The van der Waals surface area contributed by atoms with Crippen molar-refractivity contribution in [2.24, 2.45) is 0 Å². The number of halogens is 2. The summed E-state index contributed by atoms with van der Waals surface area (Å²) in [6.45, 7) is 3.13. The van der Waals surface area contributed by atoms with Crippen molar-refractivity contribution in [1.82, 2.24) is 9.80 Å². The molecule has 1 saturated heterocycles. The number of nitrogens with zero attached hydrogens (tertiary/aromatic N) is 2. The molecule has 0 atom stereocenters. The normalized spacial score (nSPS) is 16.5. The van der Waals surface area contributed by atoms with Gasteiger partial charge in [0.2, 0.25) is 0 Å². The van der Waals surface area contributed by atoms with Gasteiger partial charge in [0, 0.05) is 32.2 Å². The number of piperazine rings is 1. The van der Waals surface area contributed by atoms with E-state index >= 15 is 0 Å². The molecule has 1 aliphatic rings. The van der Waals surface area contributed by atoms with Crippen molar-refractivity contribution in [2.45, 2.75) is 0 Å². The first kappa shape index (κ1) is 14.3. The second-order valence-corrected chi connectivity index (χ2v) is 5.40. The summed E-state index contributed by atoms with van der Waals surface area (Å²) >= 11 is 3.07. The Balaban J connectivity index is 1.84. The molecule has 1 aromatic carbocycles. The molecule has 19 heavy (non-hydrogen) atoms. The lowest BCUT2D eigenvalue weighted by molar-refractivity contribution is -0.134. The fourth-order valence-corrected chi connectivity index (χ4v) is 2.11. The lowest BCUT2D eigenvalue weighted by Crippen LogP contribution is -2.48. The van der Waals surface area contributed by atoms with Crippen LogP contribution in [0.2, 0.25) is 0 Å². The number of likely N-dealkylation sites (N-methyl/N-ethyl adjacent to an activating group) is 1. The highest BCUT2D eigenvalue weighted by Gasteiger charge is 2.19. The van der Waals surface area contributed by atoms with Gasteiger partial charge in [0.05, 0.1) is 4.47 Å². The third-order valence-electron chi connectivity index (χ3n) is 3.11. The summed E-state index contributed by atoms with van der Waals surface area (Å²) in [4.78, 5) is 15.9. The summed E-state index contributed by atoms with van der Waals surface area (Å²) in [5, 5.41) is 0. The Morgan fingerprint density at radius 2 is 2.05 bits per heavy atom. The minimum absolute atomic E-state index is 0.0508. The van der Waals surface area contributed by atoms with Gasteiger partial charge in [-0.15, -0.1) is 0 Å². The lowest BCUT2D eigenvalue weighted by atomic mass is 10.3. The van der Waals surface area contributed by atoms with E-state index in [-0.39, 0.29) is 12.5 Å². The van der Waals surface area contributed by atoms with Crippen molar-refractivity contribution in [3.63, 3.8) is 0 Å². The molecule has 2 rings (SSSR count). The summed E-state index contributed by atoms with van der Waals surface area (Å²) in [5.41, 5.74) is 0. The van der Waals surface area contributed by atoms with E-state index < -0.39 is 5.82 Å². The van der Waals surface area contributed by atoms with Crippen molar-refractivity contribution in [3.05, 3.63) is 28.5 Å². The molecule has 4 nitrogen and oxygen atoms in total. The monoisotopic (exact) mass is 330 g/mol. The third kappa shape index (κ3) is 3.91. The van der Waals surface area contributed by atoms with E-state index in [2.05, 4.69) is 20.8 Å². The minimum Gasteiger partial charge on any atom is -0.484 e. The van der Waals surface area contributed by atoms with E-state index in [9.17, 15) is 9.18 Å². The molecular formula is C13H16BrFN2O2. The van der Waals surface area contributed by atoms with Gasteiger partial charge in [-0.05, 0) is 35.1 Å². The van der Waals surface area contributed by atoms with Gasteiger partial charge in [-0.25, -0.2) is 4.39 Å². The number of hydrogen-bond acceptors (Lipinski definition) is 3. The van der Waals surface area contributed by atoms with Crippen LogP contribution >= 0.6 is 15.9 Å². The van der Waals surface area contributed by atoms with Crippen LogP contribution < -0.4 is 4.74 Å². The van der Waals surface area contributed by atoms with Gasteiger partial charge in [0.1, 0.15) is 11.6 Å². The van der Waals surface area contributed by atoms with Crippen LogP contribution in [0.4, 0.5) is 4.39 Å². The number of carbonyl (C=O) groups is 1. The Bertz CT molecular complexity index is 462. The zero-order valence-corrected chi connectivity index (χ0v) is 12.3. The van der Waals surface area contributed by atoms with Gasteiger partial charge in [0.25, 0.3) is 5.91 Å². The highest BCUT2D eigenvalue weighted by Crippen LogP contribution is 2.20. The van der Waals surface area contributed by atoms with Crippen LogP contribution in [0.5, 0.6) is 5.75 Å². The zero-order chi connectivity index (χ0) is 13.8. The second kappa shape index (κ2) is 6.34. The third-order valence-corrected chi connectivity index (χ3v) is 3.75. The second-order valence-electron chi connectivity index (χ2n) is 4.55. The van der Waals surface area contributed by atoms with Crippen molar-refractivity contribution in [2.75, 3.05) is 39.8 Å². The Morgan fingerprint density at radius 3 is 2.68 bits per heavy atom. The van der Waals surface area contributed by atoms with E-state index in [0.29, 0.717) is 23.3 Å². The molecule has 1 aliphatic heterocycles. The molecule has 6 heteroatoms. The molecule has 1 amide bonds. The maximum Gasteiger partial charge on any atom is 0.260 e. The van der Waals surface area contributed by atoms with E-state index in [4.69, 9.17) is 4.74 Å². The Kier molecular flexibility index (Phi) is 4.76. The molecule has 0 unspecified atom stereocenters. The smallest absolute Gasteiger partial charge is 0.260 e. The van der Waals surface area contributed by atoms with Gasteiger partial charge < -0.3 is 14.5 Å². The quantitative estimate of drug-likeness (QED) is 0.846. The molecule has 0 N–H and O–H groups in total. The molecule has 104 valence electrons. The molecule has 1 heterocycles. The summed E-state index contributed by atoms with van der Waals surface area (Å²) in [7, 11) is 2.03. The number of benzene rings is 1. The van der Waals surface area contributed by atoms with Crippen molar-refractivity contribution >= 4 is 21.8 Å². The summed E-state index contributed by atoms with van der Waals surface area (Å²) in [6.07, 6.45) is 0. The molecule has 1 fully saturated rings. The Labute approximate surface area is 120 Å². The predicted octanol–water partition coefficient (Wildman–Crippen LogP) is 1.74. The Hall–Kier alpha value is -1.14. The van der Waals surface area contributed by atoms with Crippen LogP contribution in [-0.2, 0) is 4.79 Å². The van der Waals surface area contributed by atoms with Crippen molar-refractivity contribution in [3.8, 4) is 5.75 Å². The molecule has 1 aromatic rings. The van der Waals surface area contributed by atoms with Crippen LogP contribution in [0, 0.1) is 5.82 Å². The highest BCUT2D eigenvalue weighted by atomic mass is 79.9. The maximum atomic E-state index is 13.3. The molecule has 0 radical (unpaired) electrons. The summed E-state index contributed by atoms with van der Waals surface area (Å²) in [6, 6.07) is 4.46. The molecule has 0 aliphatic carbocycles. The first-order chi connectivity index (χ1) is 9.06. The molecule has 0 spiro atoms. The number of amides is 1. The fraction of sp³-hybridized carbons (Fsp3) is 0.462. The first-order valence-electron chi connectivity index (χ1n) is 6.10. The molecule has 0 bridgehead atoms. The van der Waals surface area contributed by atoms with E-state index in [0.717, 1.165) is 13.1 Å². The average Bonchev–Trinajstić information content (AvgIpc) is 2.40.